The quantitative estimate of drug-likeness (QED) is 0.859. The molecule has 0 unspecified atom stereocenters. The number of aryl methyl sites for hydroxylation is 1. The van der Waals surface area contributed by atoms with Crippen LogP contribution in [0.2, 0.25) is 0 Å². The molecule has 4 nitrogen and oxygen atoms in total. The number of aromatic nitrogens is 2. The maximum Gasteiger partial charge on any atom is 0.266 e. The van der Waals surface area contributed by atoms with Crippen LogP contribution in [0.4, 0.5) is 5.95 Å². The number of hydrogen-bond acceptors (Lipinski definition) is 4. The molecule has 1 saturated heterocycles. The third-order valence-electron chi connectivity index (χ3n) is 4.19. The van der Waals surface area contributed by atoms with Crippen LogP contribution >= 0.6 is 0 Å². The second-order valence-electron chi connectivity index (χ2n) is 6.17. The summed E-state index contributed by atoms with van der Waals surface area (Å²) in [5.41, 5.74) is 1.59. The van der Waals surface area contributed by atoms with Crippen LogP contribution in [0, 0.1) is 5.41 Å². The van der Waals surface area contributed by atoms with Gasteiger partial charge in [-0.15, -0.1) is 0 Å². The number of hydrogen-bond donors (Lipinski definition) is 0. The van der Waals surface area contributed by atoms with Gasteiger partial charge in [0, 0.05) is 25.4 Å². The fourth-order valence-electron chi connectivity index (χ4n) is 3.05. The highest BCUT2D eigenvalue weighted by molar-refractivity contribution is 5.37. The van der Waals surface area contributed by atoms with E-state index in [1.165, 1.54) is 5.56 Å². The monoisotopic (exact) mass is 271 g/mol. The molecule has 0 aliphatic carbocycles. The molecular weight excluding hydrogens is 250 g/mol. The summed E-state index contributed by atoms with van der Waals surface area (Å²) in [5, 5.41) is 4.10. The van der Waals surface area contributed by atoms with E-state index in [1.54, 1.807) is 0 Å². The van der Waals surface area contributed by atoms with Crippen LogP contribution < -0.4 is 4.90 Å². The van der Waals surface area contributed by atoms with Gasteiger partial charge in [0.2, 0.25) is 5.89 Å². The average Bonchev–Trinajstić information content (AvgIpc) is 3.03. The minimum Gasteiger partial charge on any atom is -0.337 e. The van der Waals surface area contributed by atoms with Gasteiger partial charge in [0.1, 0.15) is 0 Å². The Balaban J connectivity index is 1.85. The fourth-order valence-corrected chi connectivity index (χ4v) is 3.05. The standard InChI is InChI=1S/C16H21N3O/c1-4-14-17-15(18-20-14)19-10-13(16(2,3)11-19)12-8-6-5-7-9-12/h5-9,13H,4,10-11H2,1-3H3/t13-/m0/s1. The Bertz CT molecular complexity index is 576. The molecule has 0 bridgehead atoms. The summed E-state index contributed by atoms with van der Waals surface area (Å²) in [6, 6.07) is 10.7. The number of anilines is 1. The van der Waals surface area contributed by atoms with E-state index in [1.807, 2.05) is 6.92 Å². The van der Waals surface area contributed by atoms with Crippen molar-refractivity contribution in [3.63, 3.8) is 0 Å². The summed E-state index contributed by atoms with van der Waals surface area (Å²) in [4.78, 5) is 6.69. The Morgan fingerprint density at radius 3 is 2.70 bits per heavy atom. The molecule has 0 spiro atoms. The maximum atomic E-state index is 5.23. The van der Waals surface area contributed by atoms with E-state index in [2.05, 4.69) is 59.2 Å². The Labute approximate surface area is 119 Å². The molecule has 0 amide bonds. The van der Waals surface area contributed by atoms with Crippen LogP contribution in [0.15, 0.2) is 34.9 Å². The molecule has 2 heterocycles. The molecule has 0 saturated carbocycles. The first-order chi connectivity index (χ1) is 9.60. The van der Waals surface area contributed by atoms with Gasteiger partial charge in [-0.2, -0.15) is 4.98 Å². The molecule has 1 aliphatic rings. The van der Waals surface area contributed by atoms with Crippen LogP contribution in [-0.4, -0.2) is 23.2 Å². The SMILES string of the molecule is CCc1nc(N2C[C@@H](c3ccccc3)C(C)(C)C2)no1. The lowest BCUT2D eigenvalue weighted by Gasteiger charge is -2.25. The Kier molecular flexibility index (Phi) is 3.24. The van der Waals surface area contributed by atoms with Crippen molar-refractivity contribution in [2.24, 2.45) is 5.41 Å². The Morgan fingerprint density at radius 2 is 2.05 bits per heavy atom. The summed E-state index contributed by atoms with van der Waals surface area (Å²) >= 11 is 0. The largest absolute Gasteiger partial charge is 0.337 e. The molecule has 20 heavy (non-hydrogen) atoms. The summed E-state index contributed by atoms with van der Waals surface area (Å²) in [7, 11) is 0. The summed E-state index contributed by atoms with van der Waals surface area (Å²) in [6.07, 6.45) is 0.784. The van der Waals surface area contributed by atoms with Gasteiger partial charge in [0.25, 0.3) is 5.95 Å². The number of nitrogens with zero attached hydrogens (tertiary/aromatic N) is 3. The molecule has 0 radical (unpaired) electrons. The lowest BCUT2D eigenvalue weighted by atomic mass is 9.78. The van der Waals surface area contributed by atoms with E-state index in [0.29, 0.717) is 11.8 Å². The van der Waals surface area contributed by atoms with E-state index in [-0.39, 0.29) is 5.41 Å². The van der Waals surface area contributed by atoms with Crippen molar-refractivity contribution in [1.82, 2.24) is 10.1 Å². The first-order valence-electron chi connectivity index (χ1n) is 7.22. The van der Waals surface area contributed by atoms with E-state index in [4.69, 9.17) is 4.52 Å². The maximum absolute atomic E-state index is 5.23. The third-order valence-corrected chi connectivity index (χ3v) is 4.19. The van der Waals surface area contributed by atoms with E-state index in [0.717, 1.165) is 25.5 Å². The van der Waals surface area contributed by atoms with E-state index >= 15 is 0 Å². The minimum atomic E-state index is 0.203. The number of benzene rings is 1. The molecular formula is C16H21N3O. The highest BCUT2D eigenvalue weighted by Crippen LogP contribution is 2.43. The zero-order chi connectivity index (χ0) is 14.2. The Hall–Kier alpha value is -1.84. The number of rotatable bonds is 3. The smallest absolute Gasteiger partial charge is 0.266 e. The topological polar surface area (TPSA) is 42.2 Å². The molecule has 1 fully saturated rings. The molecule has 106 valence electrons. The summed E-state index contributed by atoms with van der Waals surface area (Å²) < 4.78 is 5.23. The van der Waals surface area contributed by atoms with Gasteiger partial charge in [0.15, 0.2) is 0 Å². The zero-order valence-electron chi connectivity index (χ0n) is 12.3. The van der Waals surface area contributed by atoms with E-state index < -0.39 is 0 Å². The molecule has 1 aromatic carbocycles. The van der Waals surface area contributed by atoms with Crippen LogP contribution in [-0.2, 0) is 6.42 Å². The van der Waals surface area contributed by atoms with Crippen molar-refractivity contribution < 1.29 is 4.52 Å². The molecule has 1 atom stereocenters. The van der Waals surface area contributed by atoms with Gasteiger partial charge in [-0.3, -0.25) is 0 Å². The van der Waals surface area contributed by atoms with Gasteiger partial charge in [-0.05, 0) is 16.1 Å². The van der Waals surface area contributed by atoms with Crippen molar-refractivity contribution >= 4 is 5.95 Å². The summed E-state index contributed by atoms with van der Waals surface area (Å²) in [6.45, 7) is 8.55. The van der Waals surface area contributed by atoms with Crippen molar-refractivity contribution in [3.05, 3.63) is 41.8 Å². The average molecular weight is 271 g/mol. The van der Waals surface area contributed by atoms with Gasteiger partial charge >= 0.3 is 0 Å². The van der Waals surface area contributed by atoms with Gasteiger partial charge < -0.3 is 9.42 Å². The van der Waals surface area contributed by atoms with Crippen molar-refractivity contribution in [2.45, 2.75) is 33.1 Å². The molecule has 4 heteroatoms. The summed E-state index contributed by atoms with van der Waals surface area (Å²) in [5.74, 6) is 1.93. The predicted molar refractivity (Wildman–Crippen MR) is 78.9 cm³/mol. The highest BCUT2D eigenvalue weighted by atomic mass is 16.5. The van der Waals surface area contributed by atoms with E-state index in [9.17, 15) is 0 Å². The molecule has 1 aromatic heterocycles. The van der Waals surface area contributed by atoms with Crippen molar-refractivity contribution in [1.29, 1.82) is 0 Å². The third kappa shape index (κ3) is 2.30. The second-order valence-corrected chi connectivity index (χ2v) is 6.17. The van der Waals surface area contributed by atoms with Gasteiger partial charge in [-0.1, -0.05) is 51.1 Å². The zero-order valence-corrected chi connectivity index (χ0v) is 12.3. The van der Waals surface area contributed by atoms with Crippen LogP contribution in [0.1, 0.15) is 38.1 Å². The van der Waals surface area contributed by atoms with Crippen molar-refractivity contribution in [2.75, 3.05) is 18.0 Å². The second kappa shape index (κ2) is 4.93. The van der Waals surface area contributed by atoms with Crippen LogP contribution in [0.3, 0.4) is 0 Å². The molecule has 1 aliphatic heterocycles. The first-order valence-corrected chi connectivity index (χ1v) is 7.22. The first kappa shape index (κ1) is 13.2. The normalized spacial score (nSPS) is 21.4. The minimum absolute atomic E-state index is 0.203. The molecule has 0 N–H and O–H groups in total. The van der Waals surface area contributed by atoms with Crippen LogP contribution in [0.5, 0.6) is 0 Å². The predicted octanol–water partition coefficient (Wildman–Crippen LogP) is 3.26. The van der Waals surface area contributed by atoms with Gasteiger partial charge in [-0.25, -0.2) is 0 Å². The lowest BCUT2D eigenvalue weighted by molar-refractivity contribution is 0.364. The fraction of sp³-hybridized carbons (Fsp3) is 0.500. The molecule has 3 rings (SSSR count). The lowest BCUT2D eigenvalue weighted by Crippen LogP contribution is -2.24. The highest BCUT2D eigenvalue weighted by Gasteiger charge is 2.41. The molecule has 2 aromatic rings. The van der Waals surface area contributed by atoms with Crippen LogP contribution in [0.25, 0.3) is 0 Å². The van der Waals surface area contributed by atoms with Crippen molar-refractivity contribution in [3.8, 4) is 0 Å². The van der Waals surface area contributed by atoms with Gasteiger partial charge in [0.05, 0.1) is 0 Å². The Morgan fingerprint density at radius 1 is 1.30 bits per heavy atom.